The first-order chi connectivity index (χ1) is 10.2. The van der Waals surface area contributed by atoms with Gasteiger partial charge in [0.25, 0.3) is 0 Å². The summed E-state index contributed by atoms with van der Waals surface area (Å²) in [4.78, 5) is 4.41. The molecule has 1 heterocycles. The van der Waals surface area contributed by atoms with Crippen molar-refractivity contribution in [1.29, 1.82) is 0 Å². The van der Waals surface area contributed by atoms with E-state index >= 15 is 0 Å². The quantitative estimate of drug-likeness (QED) is 0.460. The highest BCUT2D eigenvalue weighted by Crippen LogP contribution is 2.35. The van der Waals surface area contributed by atoms with Gasteiger partial charge in [-0.1, -0.05) is 25.7 Å². The number of nitrogens with zero attached hydrogens (tertiary/aromatic N) is 2. The van der Waals surface area contributed by atoms with Gasteiger partial charge < -0.3 is 9.30 Å². The Morgan fingerprint density at radius 3 is 2.62 bits per heavy atom. The molecule has 0 aromatic carbocycles. The van der Waals surface area contributed by atoms with Crippen molar-refractivity contribution in [2.75, 3.05) is 6.61 Å². The van der Waals surface area contributed by atoms with E-state index < -0.39 is 0 Å². The Labute approximate surface area is 128 Å². The lowest BCUT2D eigenvalue weighted by Gasteiger charge is -2.40. The maximum Gasteiger partial charge on any atom is 0.108 e. The number of hydrogen-bond donors (Lipinski definition) is 2. The second-order valence-electron chi connectivity index (χ2n) is 6.12. The molecule has 1 aliphatic rings. The van der Waals surface area contributed by atoms with Gasteiger partial charge in [0, 0.05) is 32.5 Å². The highest BCUT2D eigenvalue weighted by atomic mass is 16.5. The Morgan fingerprint density at radius 1 is 1.38 bits per heavy atom. The zero-order valence-electron chi connectivity index (χ0n) is 13.5. The fraction of sp³-hybridized carbons (Fsp3) is 0.812. The van der Waals surface area contributed by atoms with Gasteiger partial charge in [0.2, 0.25) is 0 Å². The van der Waals surface area contributed by atoms with Crippen LogP contribution in [0.3, 0.4) is 0 Å². The number of hydrazine groups is 1. The third kappa shape index (κ3) is 4.05. The van der Waals surface area contributed by atoms with E-state index in [2.05, 4.69) is 21.9 Å². The summed E-state index contributed by atoms with van der Waals surface area (Å²) < 4.78 is 8.31. The molecule has 1 unspecified atom stereocenters. The second-order valence-corrected chi connectivity index (χ2v) is 6.12. The zero-order valence-corrected chi connectivity index (χ0v) is 13.5. The molecule has 1 aromatic heterocycles. The number of nitrogens with one attached hydrogen (secondary N) is 1. The lowest BCUT2D eigenvalue weighted by atomic mass is 9.83. The van der Waals surface area contributed by atoms with Crippen LogP contribution in [-0.4, -0.2) is 27.8 Å². The van der Waals surface area contributed by atoms with Gasteiger partial charge in [-0.2, -0.15) is 0 Å². The first kappa shape index (κ1) is 16.5. The summed E-state index contributed by atoms with van der Waals surface area (Å²) in [7, 11) is 2.04. The van der Waals surface area contributed by atoms with Crippen molar-refractivity contribution < 1.29 is 4.74 Å². The molecule has 1 aliphatic carbocycles. The molecule has 1 aromatic rings. The molecule has 21 heavy (non-hydrogen) atoms. The molecule has 2 rings (SSSR count). The van der Waals surface area contributed by atoms with Crippen molar-refractivity contribution in [3.05, 3.63) is 18.2 Å². The minimum Gasteiger partial charge on any atom is -0.374 e. The molecule has 3 N–H and O–H groups in total. The molecule has 120 valence electrons. The fourth-order valence-corrected chi connectivity index (χ4v) is 3.62. The Hall–Kier alpha value is -0.910. The van der Waals surface area contributed by atoms with Crippen molar-refractivity contribution in [3.8, 4) is 0 Å². The largest absolute Gasteiger partial charge is 0.374 e. The summed E-state index contributed by atoms with van der Waals surface area (Å²) in [5, 5.41) is 0. The normalized spacial score (nSPS) is 20.1. The van der Waals surface area contributed by atoms with Crippen LogP contribution in [0.4, 0.5) is 0 Å². The Morgan fingerprint density at radius 2 is 2.10 bits per heavy atom. The SMILES string of the molecule is CCOC1(C(CCc2nccn2C)NN)CCCCCC1. The molecule has 0 saturated heterocycles. The molecule has 0 spiro atoms. The molecule has 5 heteroatoms. The highest BCUT2D eigenvalue weighted by Gasteiger charge is 2.39. The Balaban J connectivity index is 2.05. The number of aromatic nitrogens is 2. The van der Waals surface area contributed by atoms with Crippen molar-refractivity contribution in [2.45, 2.75) is 69.9 Å². The van der Waals surface area contributed by atoms with E-state index in [9.17, 15) is 0 Å². The first-order valence-corrected chi connectivity index (χ1v) is 8.28. The van der Waals surface area contributed by atoms with Gasteiger partial charge in [-0.05, 0) is 26.2 Å². The third-order valence-electron chi connectivity index (χ3n) is 4.80. The number of imidazole rings is 1. The summed E-state index contributed by atoms with van der Waals surface area (Å²) in [5.74, 6) is 7.00. The molecule has 1 fully saturated rings. The Bertz CT molecular complexity index is 410. The van der Waals surface area contributed by atoms with Crippen LogP contribution in [0.1, 0.15) is 57.7 Å². The van der Waals surface area contributed by atoms with Crippen molar-refractivity contribution in [1.82, 2.24) is 15.0 Å². The maximum atomic E-state index is 6.23. The molecule has 1 atom stereocenters. The van der Waals surface area contributed by atoms with Gasteiger partial charge in [0.1, 0.15) is 5.82 Å². The highest BCUT2D eigenvalue weighted by molar-refractivity contribution is 4.98. The summed E-state index contributed by atoms with van der Waals surface area (Å²) in [6.07, 6.45) is 13.0. The standard InChI is InChI=1S/C16H30N4O/c1-3-21-16(10-6-4-5-7-11-16)14(19-17)8-9-15-18-12-13-20(15)2/h12-14,19H,3-11,17H2,1-2H3. The number of aryl methyl sites for hydroxylation is 2. The van der Waals surface area contributed by atoms with E-state index in [1.54, 1.807) is 0 Å². The predicted octanol–water partition coefficient (Wildman–Crippen LogP) is 2.31. The van der Waals surface area contributed by atoms with Gasteiger partial charge in [0.15, 0.2) is 0 Å². The number of nitrogens with two attached hydrogens (primary N) is 1. The molecule has 0 radical (unpaired) electrons. The molecular weight excluding hydrogens is 264 g/mol. The summed E-state index contributed by atoms with van der Waals surface area (Å²) in [5.41, 5.74) is 2.94. The smallest absolute Gasteiger partial charge is 0.108 e. The van der Waals surface area contributed by atoms with Gasteiger partial charge >= 0.3 is 0 Å². The summed E-state index contributed by atoms with van der Waals surface area (Å²) in [6.45, 7) is 2.83. The second kappa shape index (κ2) is 7.92. The third-order valence-corrected chi connectivity index (χ3v) is 4.80. The van der Waals surface area contributed by atoms with Crippen LogP contribution in [0.5, 0.6) is 0 Å². The number of rotatable bonds is 7. The van der Waals surface area contributed by atoms with Crippen LogP contribution in [0.2, 0.25) is 0 Å². The first-order valence-electron chi connectivity index (χ1n) is 8.28. The van der Waals surface area contributed by atoms with E-state index in [1.807, 2.05) is 19.4 Å². The van der Waals surface area contributed by atoms with E-state index in [0.29, 0.717) is 0 Å². The topological polar surface area (TPSA) is 65.1 Å². The lowest BCUT2D eigenvalue weighted by Crippen LogP contribution is -2.55. The minimum absolute atomic E-state index is 0.106. The fourth-order valence-electron chi connectivity index (χ4n) is 3.62. The molecule has 0 aliphatic heterocycles. The van der Waals surface area contributed by atoms with Gasteiger partial charge in [-0.25, -0.2) is 4.98 Å². The molecule has 1 saturated carbocycles. The maximum absolute atomic E-state index is 6.23. The number of ether oxygens (including phenoxy) is 1. The van der Waals surface area contributed by atoms with Crippen LogP contribution in [-0.2, 0) is 18.2 Å². The van der Waals surface area contributed by atoms with Crippen LogP contribution < -0.4 is 11.3 Å². The molecular formula is C16H30N4O. The predicted molar refractivity (Wildman–Crippen MR) is 84.7 cm³/mol. The lowest BCUT2D eigenvalue weighted by molar-refractivity contribution is -0.0786. The average Bonchev–Trinajstić information content (AvgIpc) is 2.74. The van der Waals surface area contributed by atoms with Crippen molar-refractivity contribution in [3.63, 3.8) is 0 Å². The van der Waals surface area contributed by atoms with Gasteiger partial charge in [-0.3, -0.25) is 11.3 Å². The van der Waals surface area contributed by atoms with Crippen molar-refractivity contribution in [2.24, 2.45) is 12.9 Å². The summed E-state index contributed by atoms with van der Waals surface area (Å²) >= 11 is 0. The average molecular weight is 294 g/mol. The van der Waals surface area contributed by atoms with Crippen LogP contribution in [0, 0.1) is 0 Å². The van der Waals surface area contributed by atoms with Gasteiger partial charge in [0.05, 0.1) is 11.6 Å². The molecule has 5 nitrogen and oxygen atoms in total. The molecule has 0 bridgehead atoms. The van der Waals surface area contributed by atoms with Crippen LogP contribution >= 0.6 is 0 Å². The summed E-state index contributed by atoms with van der Waals surface area (Å²) in [6, 6.07) is 0.187. The van der Waals surface area contributed by atoms with Crippen LogP contribution in [0.15, 0.2) is 12.4 Å². The van der Waals surface area contributed by atoms with Gasteiger partial charge in [-0.15, -0.1) is 0 Å². The molecule has 0 amide bonds. The van der Waals surface area contributed by atoms with E-state index in [4.69, 9.17) is 10.6 Å². The van der Waals surface area contributed by atoms with E-state index in [0.717, 1.165) is 38.1 Å². The van der Waals surface area contributed by atoms with E-state index in [1.165, 1.54) is 25.7 Å². The minimum atomic E-state index is -0.106. The van der Waals surface area contributed by atoms with Crippen LogP contribution in [0.25, 0.3) is 0 Å². The van der Waals surface area contributed by atoms with Crippen molar-refractivity contribution >= 4 is 0 Å². The zero-order chi connectivity index (χ0) is 15.1. The number of hydrogen-bond acceptors (Lipinski definition) is 4. The Kier molecular flexibility index (Phi) is 6.21. The van der Waals surface area contributed by atoms with E-state index in [-0.39, 0.29) is 11.6 Å². The monoisotopic (exact) mass is 294 g/mol.